The van der Waals surface area contributed by atoms with Crippen LogP contribution >= 0.6 is 0 Å². The van der Waals surface area contributed by atoms with Gasteiger partial charge >= 0.3 is 24.3 Å². The van der Waals surface area contributed by atoms with Crippen LogP contribution in [0.5, 0.6) is 5.75 Å². The van der Waals surface area contributed by atoms with E-state index in [1.165, 1.54) is 30.3 Å². The molecule has 23 heavy (non-hydrogen) atoms. The van der Waals surface area contributed by atoms with Gasteiger partial charge in [-0.15, -0.1) is 0 Å². The van der Waals surface area contributed by atoms with Gasteiger partial charge in [0.2, 0.25) is 0 Å². The van der Waals surface area contributed by atoms with Gasteiger partial charge in [0.25, 0.3) is 0 Å². The molecule has 0 unspecified atom stereocenters. The van der Waals surface area contributed by atoms with E-state index in [1.807, 2.05) is 0 Å². The van der Waals surface area contributed by atoms with E-state index < -0.39 is 30.9 Å². The van der Waals surface area contributed by atoms with Gasteiger partial charge in [0.1, 0.15) is 5.75 Å². The Hall–Kier alpha value is -2.64. The fraction of sp³-hybridized carbons (Fsp3) is 0.200. The zero-order valence-corrected chi connectivity index (χ0v) is 11.3. The number of carbonyl (C=O) groups is 2. The SMILES string of the molecule is O=C1OC(=O)c2ccc(OCC(F)(F)C(F)F)c3cccc1c23. The minimum atomic E-state index is -4.31. The van der Waals surface area contributed by atoms with Crippen molar-refractivity contribution < 1.29 is 36.6 Å². The second kappa shape index (κ2) is 5.22. The van der Waals surface area contributed by atoms with Crippen molar-refractivity contribution >= 4 is 22.7 Å². The van der Waals surface area contributed by atoms with Gasteiger partial charge in [-0.3, -0.25) is 0 Å². The third kappa shape index (κ3) is 2.49. The molecule has 0 radical (unpaired) electrons. The third-order valence-corrected chi connectivity index (χ3v) is 3.37. The summed E-state index contributed by atoms with van der Waals surface area (Å²) < 4.78 is 59.7. The minimum Gasteiger partial charge on any atom is -0.486 e. The van der Waals surface area contributed by atoms with E-state index in [1.54, 1.807) is 0 Å². The second-order valence-corrected chi connectivity index (χ2v) is 4.87. The number of ether oxygens (including phenoxy) is 2. The summed E-state index contributed by atoms with van der Waals surface area (Å²) in [7, 11) is 0. The van der Waals surface area contributed by atoms with Gasteiger partial charge in [-0.05, 0) is 18.2 Å². The minimum absolute atomic E-state index is 0.0724. The van der Waals surface area contributed by atoms with Crippen molar-refractivity contribution in [3.05, 3.63) is 41.5 Å². The summed E-state index contributed by atoms with van der Waals surface area (Å²) in [4.78, 5) is 23.4. The Labute approximate surface area is 126 Å². The number of esters is 2. The molecular weight excluding hydrogens is 320 g/mol. The van der Waals surface area contributed by atoms with Crippen LogP contribution in [0.4, 0.5) is 17.6 Å². The first-order valence-corrected chi connectivity index (χ1v) is 6.42. The lowest BCUT2D eigenvalue weighted by molar-refractivity contribution is -0.148. The molecule has 0 saturated carbocycles. The number of benzene rings is 2. The number of carbonyl (C=O) groups excluding carboxylic acids is 2. The van der Waals surface area contributed by atoms with Crippen LogP contribution in [-0.2, 0) is 4.74 Å². The summed E-state index contributed by atoms with van der Waals surface area (Å²) in [5.41, 5.74) is 0.145. The largest absolute Gasteiger partial charge is 0.486 e. The summed E-state index contributed by atoms with van der Waals surface area (Å²) in [5, 5.41) is 0.377. The van der Waals surface area contributed by atoms with Crippen molar-refractivity contribution in [1.82, 2.24) is 0 Å². The maximum atomic E-state index is 13.0. The highest BCUT2D eigenvalue weighted by molar-refractivity contribution is 6.21. The highest BCUT2D eigenvalue weighted by atomic mass is 19.3. The van der Waals surface area contributed by atoms with Gasteiger partial charge in [-0.1, -0.05) is 12.1 Å². The fourth-order valence-electron chi connectivity index (χ4n) is 2.28. The molecule has 0 bridgehead atoms. The van der Waals surface area contributed by atoms with Crippen molar-refractivity contribution in [3.8, 4) is 5.75 Å². The lowest BCUT2D eigenvalue weighted by Gasteiger charge is -2.19. The molecule has 2 aromatic carbocycles. The molecular formula is C15H8F4O4. The summed E-state index contributed by atoms with van der Waals surface area (Å²) in [6.45, 7) is -1.53. The molecule has 3 rings (SSSR count). The van der Waals surface area contributed by atoms with Gasteiger partial charge in [-0.2, -0.15) is 8.78 Å². The fourth-order valence-corrected chi connectivity index (χ4v) is 2.28. The number of halogens is 4. The summed E-state index contributed by atoms with van der Waals surface area (Å²) in [6, 6.07) is 6.70. The molecule has 0 spiro atoms. The second-order valence-electron chi connectivity index (χ2n) is 4.87. The Morgan fingerprint density at radius 1 is 1.04 bits per heavy atom. The first-order valence-electron chi connectivity index (χ1n) is 6.42. The van der Waals surface area contributed by atoms with Crippen LogP contribution in [0.25, 0.3) is 10.8 Å². The summed E-state index contributed by atoms with van der Waals surface area (Å²) in [5.74, 6) is -6.19. The Kier molecular flexibility index (Phi) is 3.46. The average molecular weight is 328 g/mol. The van der Waals surface area contributed by atoms with Gasteiger partial charge in [0, 0.05) is 10.8 Å². The Bertz CT molecular complexity index is 796. The van der Waals surface area contributed by atoms with Crippen molar-refractivity contribution in [2.24, 2.45) is 0 Å². The highest BCUT2D eigenvalue weighted by Gasteiger charge is 2.42. The predicted molar refractivity (Wildman–Crippen MR) is 70.1 cm³/mol. The topological polar surface area (TPSA) is 52.6 Å². The van der Waals surface area contributed by atoms with E-state index in [0.717, 1.165) is 0 Å². The quantitative estimate of drug-likeness (QED) is 0.490. The molecule has 0 amide bonds. The zero-order chi connectivity index (χ0) is 16.8. The molecule has 8 heteroatoms. The summed E-state index contributed by atoms with van der Waals surface area (Å²) >= 11 is 0. The molecule has 0 N–H and O–H groups in total. The zero-order valence-electron chi connectivity index (χ0n) is 11.3. The molecule has 0 atom stereocenters. The van der Waals surface area contributed by atoms with Crippen LogP contribution in [0, 0.1) is 0 Å². The molecule has 2 aromatic rings. The Balaban J connectivity index is 2.07. The predicted octanol–water partition coefficient (Wildman–Crippen LogP) is 3.43. The normalized spacial score (nSPS) is 14.3. The van der Waals surface area contributed by atoms with Gasteiger partial charge in [0.05, 0.1) is 11.1 Å². The number of rotatable bonds is 4. The smallest absolute Gasteiger partial charge is 0.346 e. The van der Waals surface area contributed by atoms with Gasteiger partial charge in [0.15, 0.2) is 6.61 Å². The van der Waals surface area contributed by atoms with Crippen LogP contribution in [-0.4, -0.2) is 30.9 Å². The Morgan fingerprint density at radius 3 is 2.35 bits per heavy atom. The first-order chi connectivity index (χ1) is 10.8. The van der Waals surface area contributed by atoms with Gasteiger partial charge in [-0.25, -0.2) is 18.4 Å². The van der Waals surface area contributed by atoms with E-state index in [0.29, 0.717) is 0 Å². The molecule has 0 fully saturated rings. The lowest BCUT2D eigenvalue weighted by atomic mass is 9.97. The molecule has 1 aliphatic rings. The molecule has 0 aliphatic carbocycles. The van der Waals surface area contributed by atoms with Crippen LogP contribution in [0.2, 0.25) is 0 Å². The maximum absolute atomic E-state index is 13.0. The van der Waals surface area contributed by atoms with Crippen LogP contribution in [0.1, 0.15) is 20.7 Å². The lowest BCUT2D eigenvalue weighted by Crippen LogP contribution is -2.33. The Morgan fingerprint density at radius 2 is 1.70 bits per heavy atom. The van der Waals surface area contributed by atoms with Crippen molar-refractivity contribution in [3.63, 3.8) is 0 Å². The molecule has 120 valence electrons. The number of alkyl halides is 4. The number of hydrogen-bond donors (Lipinski definition) is 0. The maximum Gasteiger partial charge on any atom is 0.346 e. The van der Waals surface area contributed by atoms with E-state index in [-0.39, 0.29) is 27.6 Å². The van der Waals surface area contributed by atoms with E-state index in [9.17, 15) is 27.2 Å². The first kappa shape index (κ1) is 15.3. The van der Waals surface area contributed by atoms with Crippen molar-refractivity contribution in [2.75, 3.05) is 6.61 Å². The van der Waals surface area contributed by atoms with Crippen LogP contribution in [0.3, 0.4) is 0 Å². The molecule has 0 aromatic heterocycles. The average Bonchev–Trinajstić information content (AvgIpc) is 2.50. The summed E-state index contributed by atoms with van der Waals surface area (Å²) in [6.07, 6.45) is -3.86. The van der Waals surface area contributed by atoms with Crippen molar-refractivity contribution in [1.29, 1.82) is 0 Å². The van der Waals surface area contributed by atoms with Crippen molar-refractivity contribution in [2.45, 2.75) is 12.3 Å². The van der Waals surface area contributed by atoms with E-state index >= 15 is 0 Å². The van der Waals surface area contributed by atoms with E-state index in [2.05, 4.69) is 4.74 Å². The number of cyclic esters (lactones) is 2. The monoisotopic (exact) mass is 328 g/mol. The number of hydrogen-bond acceptors (Lipinski definition) is 4. The van der Waals surface area contributed by atoms with E-state index in [4.69, 9.17) is 4.74 Å². The third-order valence-electron chi connectivity index (χ3n) is 3.37. The molecule has 0 saturated heterocycles. The van der Waals surface area contributed by atoms with Crippen LogP contribution < -0.4 is 4.74 Å². The molecule has 4 nitrogen and oxygen atoms in total. The van der Waals surface area contributed by atoms with Crippen LogP contribution in [0.15, 0.2) is 30.3 Å². The molecule has 1 aliphatic heterocycles. The highest BCUT2D eigenvalue weighted by Crippen LogP contribution is 2.35. The molecule has 1 heterocycles. The standard InChI is InChI=1S/C15H8F4O4/c16-14(17)15(18,19)6-22-10-5-4-9-11-7(10)2-1-3-8(11)12(20)23-13(9)21/h1-5,14H,6H2. The van der Waals surface area contributed by atoms with Gasteiger partial charge < -0.3 is 9.47 Å².